The first-order valence-corrected chi connectivity index (χ1v) is 10.1. The summed E-state index contributed by atoms with van der Waals surface area (Å²) in [6, 6.07) is 13.1. The van der Waals surface area contributed by atoms with Crippen molar-refractivity contribution >= 4 is 29.1 Å². The minimum absolute atomic E-state index is 0.0461. The number of hydrogen-bond donors (Lipinski definition) is 1. The lowest BCUT2D eigenvalue weighted by Crippen LogP contribution is -2.36. The Morgan fingerprint density at radius 3 is 2.52 bits per heavy atom. The van der Waals surface area contributed by atoms with Gasteiger partial charge >= 0.3 is 0 Å². The van der Waals surface area contributed by atoms with Gasteiger partial charge in [-0.15, -0.1) is 0 Å². The Hall–Kier alpha value is -3.55. The second kappa shape index (κ2) is 9.97. The average molecular weight is 424 g/mol. The van der Waals surface area contributed by atoms with E-state index >= 15 is 0 Å². The van der Waals surface area contributed by atoms with Crippen LogP contribution in [-0.4, -0.2) is 39.9 Å². The highest BCUT2D eigenvalue weighted by Crippen LogP contribution is 2.19. The Morgan fingerprint density at radius 1 is 1.13 bits per heavy atom. The minimum atomic E-state index is -0.394. The molecule has 3 amide bonds. The van der Waals surface area contributed by atoms with E-state index in [4.69, 9.17) is 0 Å². The topological polar surface area (TPSA) is 82.1 Å². The number of halogens is 1. The summed E-state index contributed by atoms with van der Waals surface area (Å²) in [5, 5.41) is 8.34. The van der Waals surface area contributed by atoms with Gasteiger partial charge in [-0.3, -0.25) is 14.4 Å². The number of nitrogens with one attached hydrogen (secondary N) is 1. The van der Waals surface area contributed by atoms with Crippen molar-refractivity contribution in [1.29, 1.82) is 0 Å². The summed E-state index contributed by atoms with van der Waals surface area (Å²) < 4.78 is 13.1. The predicted molar refractivity (Wildman–Crippen MR) is 115 cm³/mol. The number of hydrazone groups is 1. The van der Waals surface area contributed by atoms with E-state index in [0.717, 1.165) is 11.1 Å². The van der Waals surface area contributed by atoms with E-state index in [1.54, 1.807) is 29.2 Å². The highest BCUT2D eigenvalue weighted by molar-refractivity contribution is 6.43. The molecule has 3 rings (SSSR count). The number of hydrogen-bond acceptors (Lipinski definition) is 4. The van der Waals surface area contributed by atoms with Gasteiger partial charge in [-0.2, -0.15) is 5.10 Å². The highest BCUT2D eigenvalue weighted by atomic mass is 19.1. The molecule has 0 bridgehead atoms. The van der Waals surface area contributed by atoms with Crippen molar-refractivity contribution in [3.05, 3.63) is 65.5 Å². The fraction of sp³-hybridized carbons (Fsp3) is 0.304. The lowest BCUT2D eigenvalue weighted by atomic mass is 10.1. The van der Waals surface area contributed by atoms with Crippen LogP contribution in [0.1, 0.15) is 37.8 Å². The monoisotopic (exact) mass is 424 g/mol. The summed E-state index contributed by atoms with van der Waals surface area (Å²) >= 11 is 0. The van der Waals surface area contributed by atoms with Crippen LogP contribution in [0.5, 0.6) is 0 Å². The molecule has 1 N–H and O–H groups in total. The van der Waals surface area contributed by atoms with Gasteiger partial charge < -0.3 is 10.2 Å². The molecule has 2 aromatic rings. The minimum Gasteiger partial charge on any atom is -0.339 e. The molecule has 1 heterocycles. The van der Waals surface area contributed by atoms with Gasteiger partial charge in [0.1, 0.15) is 11.5 Å². The summed E-state index contributed by atoms with van der Waals surface area (Å²) in [5.41, 5.74) is 2.37. The fourth-order valence-corrected chi connectivity index (χ4v) is 3.28. The van der Waals surface area contributed by atoms with Crippen LogP contribution in [0.25, 0.3) is 0 Å². The Bertz CT molecular complexity index is 1000. The summed E-state index contributed by atoms with van der Waals surface area (Å²) in [4.78, 5) is 38.5. The van der Waals surface area contributed by atoms with Crippen LogP contribution >= 0.6 is 0 Å². The molecule has 31 heavy (non-hydrogen) atoms. The van der Waals surface area contributed by atoms with Crippen LogP contribution in [0.3, 0.4) is 0 Å². The molecule has 0 aromatic heterocycles. The first-order valence-electron chi connectivity index (χ1n) is 10.1. The molecule has 0 unspecified atom stereocenters. The molecular formula is C23H25FN4O3. The van der Waals surface area contributed by atoms with Crippen LogP contribution in [0.15, 0.2) is 53.6 Å². The number of carbonyl (C=O) groups excluding carboxylic acids is 3. The Labute approximate surface area is 180 Å². The van der Waals surface area contributed by atoms with Crippen LogP contribution in [0.2, 0.25) is 0 Å². The third kappa shape index (κ3) is 5.75. The van der Waals surface area contributed by atoms with Gasteiger partial charge in [-0.25, -0.2) is 9.40 Å². The van der Waals surface area contributed by atoms with Crippen LogP contribution < -0.4 is 5.32 Å². The largest absolute Gasteiger partial charge is 0.339 e. The Balaban J connectivity index is 1.74. The van der Waals surface area contributed by atoms with Crippen molar-refractivity contribution < 1.29 is 18.8 Å². The smallest absolute Gasteiger partial charge is 0.271 e. The quantitative estimate of drug-likeness (QED) is 0.740. The van der Waals surface area contributed by atoms with Crippen molar-refractivity contribution in [1.82, 2.24) is 9.91 Å². The van der Waals surface area contributed by atoms with E-state index < -0.39 is 5.91 Å². The van der Waals surface area contributed by atoms with E-state index in [-0.39, 0.29) is 42.7 Å². The zero-order valence-corrected chi connectivity index (χ0v) is 17.6. The number of benzene rings is 2. The maximum atomic E-state index is 13.1. The fourth-order valence-electron chi connectivity index (χ4n) is 3.28. The van der Waals surface area contributed by atoms with Crippen molar-refractivity contribution in [2.24, 2.45) is 5.10 Å². The first kappa shape index (κ1) is 22.1. The molecule has 0 aliphatic carbocycles. The zero-order chi connectivity index (χ0) is 22.4. The van der Waals surface area contributed by atoms with Gasteiger partial charge in [0.25, 0.3) is 5.91 Å². The molecule has 8 heteroatoms. The number of carbonyl (C=O) groups is 3. The summed E-state index contributed by atoms with van der Waals surface area (Å²) in [7, 11) is 0. The molecule has 0 saturated heterocycles. The lowest BCUT2D eigenvalue weighted by Gasteiger charge is -2.24. The summed E-state index contributed by atoms with van der Waals surface area (Å²) in [6.45, 7) is 4.51. The van der Waals surface area contributed by atoms with Crippen molar-refractivity contribution in [2.45, 2.75) is 39.8 Å². The standard InChI is InChI=1S/C23H25FN4O3/c1-3-27(16(2)29)15-18-6-4-5-7-20(18)25-23(31)21-12-13-22(30)28(26-21)14-17-8-10-19(24)11-9-17/h4-11H,3,12-15H2,1-2H3,(H,25,31). The van der Waals surface area contributed by atoms with E-state index in [9.17, 15) is 18.8 Å². The van der Waals surface area contributed by atoms with Gasteiger partial charge in [-0.05, 0) is 36.2 Å². The number of amides is 3. The number of nitrogens with zero attached hydrogens (tertiary/aromatic N) is 3. The van der Waals surface area contributed by atoms with Crippen molar-refractivity contribution in [3.63, 3.8) is 0 Å². The van der Waals surface area contributed by atoms with Gasteiger partial charge in [0.15, 0.2) is 0 Å². The van der Waals surface area contributed by atoms with E-state index in [0.29, 0.717) is 18.8 Å². The van der Waals surface area contributed by atoms with Crippen molar-refractivity contribution in [3.8, 4) is 0 Å². The first-order chi connectivity index (χ1) is 14.9. The maximum Gasteiger partial charge on any atom is 0.271 e. The second-order valence-electron chi connectivity index (χ2n) is 7.27. The molecule has 0 saturated carbocycles. The van der Waals surface area contributed by atoms with E-state index in [1.807, 2.05) is 19.1 Å². The Kier molecular flexibility index (Phi) is 7.12. The maximum absolute atomic E-state index is 13.1. The SMILES string of the molecule is CCN(Cc1ccccc1NC(=O)C1=NN(Cc2ccc(F)cc2)C(=O)CC1)C(C)=O. The lowest BCUT2D eigenvalue weighted by molar-refractivity contribution is -0.132. The molecule has 2 aromatic carbocycles. The molecule has 7 nitrogen and oxygen atoms in total. The Morgan fingerprint density at radius 2 is 1.84 bits per heavy atom. The molecular weight excluding hydrogens is 399 g/mol. The molecule has 0 fully saturated rings. The average Bonchev–Trinajstić information content (AvgIpc) is 2.75. The highest BCUT2D eigenvalue weighted by Gasteiger charge is 2.25. The molecule has 0 atom stereocenters. The molecule has 0 spiro atoms. The second-order valence-corrected chi connectivity index (χ2v) is 7.27. The molecule has 162 valence electrons. The predicted octanol–water partition coefficient (Wildman–Crippen LogP) is 3.31. The van der Waals surface area contributed by atoms with Crippen molar-refractivity contribution in [2.75, 3.05) is 11.9 Å². The van der Waals surface area contributed by atoms with Crippen LogP contribution in [0.4, 0.5) is 10.1 Å². The normalized spacial score (nSPS) is 13.6. The zero-order valence-electron chi connectivity index (χ0n) is 17.6. The summed E-state index contributed by atoms with van der Waals surface area (Å²) in [6.07, 6.45) is 0.407. The number of anilines is 1. The van der Waals surface area contributed by atoms with Gasteiger partial charge in [0.05, 0.1) is 6.54 Å². The van der Waals surface area contributed by atoms with E-state index in [1.165, 1.54) is 24.1 Å². The third-order valence-electron chi connectivity index (χ3n) is 5.07. The van der Waals surface area contributed by atoms with Gasteiger partial charge in [-0.1, -0.05) is 30.3 Å². The van der Waals surface area contributed by atoms with E-state index in [2.05, 4.69) is 10.4 Å². The molecule has 1 aliphatic heterocycles. The number of rotatable bonds is 7. The van der Waals surface area contributed by atoms with Crippen LogP contribution in [0, 0.1) is 5.82 Å². The number of para-hydroxylation sites is 1. The summed E-state index contributed by atoms with van der Waals surface area (Å²) in [5.74, 6) is -0.992. The third-order valence-corrected chi connectivity index (χ3v) is 5.07. The molecule has 0 radical (unpaired) electrons. The van der Waals surface area contributed by atoms with Gasteiger partial charge in [0, 0.05) is 38.5 Å². The van der Waals surface area contributed by atoms with Crippen LogP contribution in [-0.2, 0) is 27.5 Å². The molecule has 1 aliphatic rings. The van der Waals surface area contributed by atoms with Gasteiger partial charge in [0.2, 0.25) is 11.8 Å².